The minimum atomic E-state index is -0.351. The Bertz CT molecular complexity index is 1040. The van der Waals surface area contributed by atoms with Crippen LogP contribution in [0.1, 0.15) is 30.5 Å². The molecule has 2 N–H and O–H groups in total. The van der Waals surface area contributed by atoms with Gasteiger partial charge < -0.3 is 15.5 Å². The van der Waals surface area contributed by atoms with Gasteiger partial charge in [0.15, 0.2) is 0 Å². The van der Waals surface area contributed by atoms with Gasteiger partial charge in [0.1, 0.15) is 0 Å². The molecule has 0 aliphatic carbocycles. The smallest absolute Gasteiger partial charge is 0.229 e. The summed E-state index contributed by atoms with van der Waals surface area (Å²) in [5, 5.41) is 6.51. The molecule has 3 aromatic carbocycles. The van der Waals surface area contributed by atoms with E-state index in [0.29, 0.717) is 13.1 Å². The molecule has 3 aromatic rings. The molecule has 2 amide bonds. The zero-order chi connectivity index (χ0) is 21.6. The Morgan fingerprint density at radius 3 is 2.26 bits per heavy atom. The second-order valence-corrected chi connectivity index (χ2v) is 7.97. The molecular formula is C26H27N3O2. The van der Waals surface area contributed by atoms with Gasteiger partial charge in [-0.05, 0) is 30.2 Å². The number of nitrogens with one attached hydrogen (secondary N) is 2. The SMILES string of the molecule is CC(Nc1ccccc1NC(=O)C1CC(=O)N(Cc2ccccc2)C1)c1ccccc1. The lowest BCUT2D eigenvalue weighted by molar-refractivity contribution is -0.128. The Hall–Kier alpha value is -3.60. The molecule has 0 aromatic heterocycles. The van der Waals surface area contributed by atoms with E-state index in [2.05, 4.69) is 29.7 Å². The zero-order valence-corrected chi connectivity index (χ0v) is 17.6. The molecule has 1 heterocycles. The fourth-order valence-electron chi connectivity index (χ4n) is 3.92. The molecule has 2 atom stereocenters. The first-order chi connectivity index (χ1) is 15.1. The van der Waals surface area contributed by atoms with E-state index in [4.69, 9.17) is 0 Å². The second-order valence-electron chi connectivity index (χ2n) is 7.97. The summed E-state index contributed by atoms with van der Waals surface area (Å²) in [6.45, 7) is 3.07. The van der Waals surface area contributed by atoms with Crippen LogP contribution in [0.2, 0.25) is 0 Å². The molecule has 4 rings (SSSR count). The molecule has 0 radical (unpaired) electrons. The third kappa shape index (κ3) is 5.12. The summed E-state index contributed by atoms with van der Waals surface area (Å²) in [5.41, 5.74) is 3.82. The molecular weight excluding hydrogens is 386 g/mol. The normalized spacial score (nSPS) is 16.7. The first-order valence-corrected chi connectivity index (χ1v) is 10.6. The van der Waals surface area contributed by atoms with E-state index < -0.39 is 0 Å². The van der Waals surface area contributed by atoms with Crippen LogP contribution in [0.4, 0.5) is 11.4 Å². The minimum absolute atomic E-state index is 0.0214. The number of likely N-dealkylation sites (tertiary alicyclic amines) is 1. The van der Waals surface area contributed by atoms with Gasteiger partial charge in [-0.25, -0.2) is 0 Å². The molecule has 1 fully saturated rings. The van der Waals surface area contributed by atoms with E-state index in [1.165, 1.54) is 5.56 Å². The highest BCUT2D eigenvalue weighted by molar-refractivity contribution is 5.99. The van der Waals surface area contributed by atoms with Crippen LogP contribution >= 0.6 is 0 Å². The Balaban J connectivity index is 1.40. The van der Waals surface area contributed by atoms with Gasteiger partial charge in [0.25, 0.3) is 0 Å². The maximum Gasteiger partial charge on any atom is 0.229 e. The Morgan fingerprint density at radius 1 is 0.935 bits per heavy atom. The summed E-state index contributed by atoms with van der Waals surface area (Å²) >= 11 is 0. The number of carbonyl (C=O) groups excluding carboxylic acids is 2. The van der Waals surface area contributed by atoms with E-state index in [0.717, 1.165) is 16.9 Å². The molecule has 2 unspecified atom stereocenters. The van der Waals surface area contributed by atoms with Crippen molar-refractivity contribution in [3.63, 3.8) is 0 Å². The van der Waals surface area contributed by atoms with Crippen molar-refractivity contribution in [3.05, 3.63) is 96.1 Å². The average molecular weight is 414 g/mol. The van der Waals surface area contributed by atoms with Crippen LogP contribution in [0.15, 0.2) is 84.9 Å². The van der Waals surface area contributed by atoms with Crippen LogP contribution in [-0.2, 0) is 16.1 Å². The average Bonchev–Trinajstić information content (AvgIpc) is 3.16. The maximum atomic E-state index is 12.9. The number of anilines is 2. The van der Waals surface area contributed by atoms with Gasteiger partial charge in [0, 0.05) is 25.6 Å². The molecule has 0 saturated carbocycles. The molecule has 31 heavy (non-hydrogen) atoms. The van der Waals surface area contributed by atoms with Crippen molar-refractivity contribution in [2.24, 2.45) is 5.92 Å². The van der Waals surface area contributed by atoms with Gasteiger partial charge in [0.05, 0.1) is 17.3 Å². The fraction of sp³-hybridized carbons (Fsp3) is 0.231. The Morgan fingerprint density at radius 2 is 1.55 bits per heavy atom. The molecule has 5 nitrogen and oxygen atoms in total. The number of hydrogen-bond donors (Lipinski definition) is 2. The van der Waals surface area contributed by atoms with E-state index in [1.807, 2.05) is 72.8 Å². The predicted octanol–water partition coefficient (Wildman–Crippen LogP) is 4.85. The number of nitrogens with zero attached hydrogens (tertiary/aromatic N) is 1. The molecule has 0 bridgehead atoms. The Kier molecular flexibility index (Phi) is 6.32. The zero-order valence-electron chi connectivity index (χ0n) is 17.6. The van der Waals surface area contributed by atoms with Crippen LogP contribution < -0.4 is 10.6 Å². The molecule has 5 heteroatoms. The van der Waals surface area contributed by atoms with Crippen molar-refractivity contribution < 1.29 is 9.59 Å². The van der Waals surface area contributed by atoms with Gasteiger partial charge in [0.2, 0.25) is 11.8 Å². The summed E-state index contributed by atoms with van der Waals surface area (Å²) in [6, 6.07) is 27.8. The van der Waals surface area contributed by atoms with Gasteiger partial charge in [-0.1, -0.05) is 72.8 Å². The lowest BCUT2D eigenvalue weighted by Crippen LogP contribution is -2.28. The number of carbonyl (C=O) groups is 2. The van der Waals surface area contributed by atoms with Gasteiger partial charge in [-0.15, -0.1) is 0 Å². The van der Waals surface area contributed by atoms with Crippen molar-refractivity contribution in [2.45, 2.75) is 25.9 Å². The van der Waals surface area contributed by atoms with E-state index in [1.54, 1.807) is 4.90 Å². The van der Waals surface area contributed by atoms with Crippen LogP contribution in [0, 0.1) is 5.92 Å². The fourth-order valence-corrected chi connectivity index (χ4v) is 3.92. The van der Waals surface area contributed by atoms with E-state index >= 15 is 0 Å². The summed E-state index contributed by atoms with van der Waals surface area (Å²) in [6.07, 6.45) is 0.245. The second kappa shape index (κ2) is 9.47. The lowest BCUT2D eigenvalue weighted by atomic mass is 10.1. The van der Waals surface area contributed by atoms with Gasteiger partial charge in [-0.2, -0.15) is 0 Å². The summed E-state index contributed by atoms with van der Waals surface area (Å²) in [5.74, 6) is -0.450. The maximum absolute atomic E-state index is 12.9. The number of amides is 2. The van der Waals surface area contributed by atoms with Crippen LogP contribution in [-0.4, -0.2) is 23.3 Å². The minimum Gasteiger partial charge on any atom is -0.377 e. The number of benzene rings is 3. The highest BCUT2D eigenvalue weighted by atomic mass is 16.2. The van der Waals surface area contributed by atoms with Crippen LogP contribution in [0.3, 0.4) is 0 Å². The van der Waals surface area contributed by atoms with Gasteiger partial charge >= 0.3 is 0 Å². The topological polar surface area (TPSA) is 61.4 Å². The Labute approximate surface area is 183 Å². The van der Waals surface area contributed by atoms with E-state index in [-0.39, 0.29) is 30.2 Å². The van der Waals surface area contributed by atoms with Crippen molar-refractivity contribution in [1.29, 1.82) is 0 Å². The first kappa shape index (κ1) is 20.7. The highest BCUT2D eigenvalue weighted by Crippen LogP contribution is 2.28. The number of para-hydroxylation sites is 2. The standard InChI is InChI=1S/C26H27N3O2/c1-19(21-12-6-3-7-13-21)27-23-14-8-9-15-24(23)28-26(31)22-16-25(30)29(18-22)17-20-10-4-2-5-11-20/h2-15,19,22,27H,16-18H2,1H3,(H,28,31). The molecule has 0 spiro atoms. The summed E-state index contributed by atoms with van der Waals surface area (Å²) in [4.78, 5) is 27.2. The number of hydrogen-bond acceptors (Lipinski definition) is 3. The van der Waals surface area contributed by atoms with Crippen LogP contribution in [0.5, 0.6) is 0 Å². The monoisotopic (exact) mass is 413 g/mol. The third-order valence-corrected chi connectivity index (χ3v) is 5.66. The predicted molar refractivity (Wildman–Crippen MR) is 124 cm³/mol. The highest BCUT2D eigenvalue weighted by Gasteiger charge is 2.34. The van der Waals surface area contributed by atoms with Crippen molar-refractivity contribution in [2.75, 3.05) is 17.2 Å². The van der Waals surface area contributed by atoms with E-state index in [9.17, 15) is 9.59 Å². The third-order valence-electron chi connectivity index (χ3n) is 5.66. The van der Waals surface area contributed by atoms with Crippen LogP contribution in [0.25, 0.3) is 0 Å². The van der Waals surface area contributed by atoms with Gasteiger partial charge in [-0.3, -0.25) is 9.59 Å². The molecule has 1 aliphatic rings. The quantitative estimate of drug-likeness (QED) is 0.582. The molecule has 1 saturated heterocycles. The molecule has 1 aliphatic heterocycles. The number of rotatable bonds is 7. The largest absolute Gasteiger partial charge is 0.377 e. The summed E-state index contributed by atoms with van der Waals surface area (Å²) in [7, 11) is 0. The molecule has 158 valence electrons. The van der Waals surface area contributed by atoms with Crippen molar-refractivity contribution in [3.8, 4) is 0 Å². The van der Waals surface area contributed by atoms with Crippen molar-refractivity contribution >= 4 is 23.2 Å². The lowest BCUT2D eigenvalue weighted by Gasteiger charge is -2.20. The summed E-state index contributed by atoms with van der Waals surface area (Å²) < 4.78 is 0. The van der Waals surface area contributed by atoms with Crippen molar-refractivity contribution in [1.82, 2.24) is 4.90 Å². The first-order valence-electron chi connectivity index (χ1n) is 10.6.